The van der Waals surface area contributed by atoms with Gasteiger partial charge in [0.1, 0.15) is 8.24 Å². The van der Waals surface area contributed by atoms with Crippen LogP contribution in [0.5, 0.6) is 0 Å². The number of hydrogen-bond acceptors (Lipinski definition) is 2. The second-order valence-corrected chi connectivity index (χ2v) is 13.1. The Balaban J connectivity index is 1.68. The van der Waals surface area contributed by atoms with Crippen LogP contribution in [0.2, 0.25) is 18.6 Å². The molecule has 0 bridgehead atoms. The summed E-state index contributed by atoms with van der Waals surface area (Å²) in [7, 11) is -1.44. The molecule has 1 aliphatic heterocycles. The molecular weight excluding hydrogens is 308 g/mol. The number of piperazine rings is 1. The van der Waals surface area contributed by atoms with Crippen molar-refractivity contribution in [2.75, 3.05) is 26.2 Å². The van der Waals surface area contributed by atoms with Crippen LogP contribution in [-0.4, -0.2) is 39.0 Å². The van der Waals surface area contributed by atoms with Gasteiger partial charge >= 0.3 is 0 Å². The molecule has 0 amide bonds. The van der Waals surface area contributed by atoms with Gasteiger partial charge in [-0.2, -0.15) is 0 Å². The summed E-state index contributed by atoms with van der Waals surface area (Å²) in [5, 5.41) is 3.54. The van der Waals surface area contributed by atoms with Crippen molar-refractivity contribution in [2.24, 2.45) is 11.8 Å². The van der Waals surface area contributed by atoms with Crippen molar-refractivity contribution < 1.29 is 0 Å². The molecule has 4 rings (SSSR count). The summed E-state index contributed by atoms with van der Waals surface area (Å²) in [5.74, 6) is 2.42. The molecule has 1 aromatic carbocycles. The molecule has 0 spiro atoms. The number of nitrogens with zero attached hydrogens (tertiary/aromatic N) is 1. The zero-order valence-corrected chi connectivity index (χ0v) is 16.5. The van der Waals surface area contributed by atoms with Crippen LogP contribution < -0.4 is 5.32 Å². The zero-order chi connectivity index (χ0) is 16.7. The van der Waals surface area contributed by atoms with Gasteiger partial charge in [0.05, 0.1) is 0 Å². The van der Waals surface area contributed by atoms with Crippen molar-refractivity contribution in [3.8, 4) is 0 Å². The second-order valence-electron chi connectivity index (χ2n) is 8.49. The Hall–Kier alpha value is -0.903. The highest BCUT2D eigenvalue weighted by molar-refractivity contribution is 6.76. The van der Waals surface area contributed by atoms with Crippen LogP contribution in [-0.2, 0) is 0 Å². The highest BCUT2D eigenvalue weighted by Crippen LogP contribution is 2.58. The molecular formula is C21H32N2Si. The first-order chi connectivity index (χ1) is 11.6. The molecule has 4 atom stereocenters. The molecule has 2 nitrogen and oxygen atoms in total. The van der Waals surface area contributed by atoms with E-state index >= 15 is 0 Å². The fraction of sp³-hybridized carbons (Fsp3) is 0.619. The minimum atomic E-state index is -1.44. The quantitative estimate of drug-likeness (QED) is 0.824. The van der Waals surface area contributed by atoms with E-state index in [1.807, 2.05) is 0 Å². The van der Waals surface area contributed by atoms with Gasteiger partial charge < -0.3 is 9.88 Å². The summed E-state index contributed by atoms with van der Waals surface area (Å²) in [6.07, 6.45) is 7.75. The summed E-state index contributed by atoms with van der Waals surface area (Å²) in [6.45, 7) is 12.6. The predicted molar refractivity (Wildman–Crippen MR) is 106 cm³/mol. The van der Waals surface area contributed by atoms with Crippen LogP contribution in [0.15, 0.2) is 30.3 Å². The van der Waals surface area contributed by atoms with E-state index in [1.54, 1.807) is 5.56 Å². The Morgan fingerprint density at radius 2 is 1.92 bits per heavy atom. The molecule has 3 aliphatic rings. The first-order valence-corrected chi connectivity index (χ1v) is 12.9. The van der Waals surface area contributed by atoms with Gasteiger partial charge in [0, 0.05) is 26.2 Å². The normalized spacial score (nSPS) is 33.3. The number of hydrogen-bond donors (Lipinski definition) is 1. The van der Waals surface area contributed by atoms with Crippen molar-refractivity contribution in [1.82, 2.24) is 9.88 Å². The minimum absolute atomic E-state index is 0.760. The van der Waals surface area contributed by atoms with Crippen LogP contribution in [0, 0.1) is 11.8 Å². The van der Waals surface area contributed by atoms with E-state index in [9.17, 15) is 0 Å². The molecule has 130 valence electrons. The first kappa shape index (κ1) is 16.6. The average Bonchev–Trinajstić information content (AvgIpc) is 3.02. The van der Waals surface area contributed by atoms with Crippen molar-refractivity contribution >= 4 is 14.3 Å². The molecule has 1 N–H and O–H groups in total. The minimum Gasteiger partial charge on any atom is -0.321 e. The molecule has 4 unspecified atom stereocenters. The third-order valence-corrected chi connectivity index (χ3v) is 11.7. The summed E-state index contributed by atoms with van der Waals surface area (Å²) >= 11 is 0. The lowest BCUT2D eigenvalue weighted by molar-refractivity contribution is 0.338. The van der Waals surface area contributed by atoms with Gasteiger partial charge in [-0.25, -0.2) is 0 Å². The standard InChI is InChI=1S/C21H32N2Si/c1-4-16-15-20-18-8-6-5-7-17(18)9-10-19(20)21(16)24(2,3)23-13-11-22-12-14-23/h5-10,16,19-22H,4,11-15H2,1-3H3. The monoisotopic (exact) mass is 340 g/mol. The van der Waals surface area contributed by atoms with Gasteiger partial charge in [0.2, 0.25) is 0 Å². The Morgan fingerprint density at radius 1 is 1.17 bits per heavy atom. The average molecular weight is 341 g/mol. The van der Waals surface area contributed by atoms with Gasteiger partial charge in [0.25, 0.3) is 0 Å². The number of rotatable bonds is 3. The van der Waals surface area contributed by atoms with E-state index in [0.29, 0.717) is 0 Å². The van der Waals surface area contributed by atoms with E-state index in [4.69, 9.17) is 0 Å². The van der Waals surface area contributed by atoms with E-state index in [2.05, 4.69) is 66.3 Å². The van der Waals surface area contributed by atoms with Gasteiger partial charge in [-0.15, -0.1) is 0 Å². The van der Waals surface area contributed by atoms with Gasteiger partial charge in [-0.1, -0.05) is 62.9 Å². The van der Waals surface area contributed by atoms with Gasteiger partial charge in [-0.05, 0) is 40.8 Å². The third-order valence-electron chi connectivity index (χ3n) is 7.11. The molecule has 3 heteroatoms. The molecule has 0 radical (unpaired) electrons. The van der Waals surface area contributed by atoms with Crippen LogP contribution in [0.3, 0.4) is 0 Å². The van der Waals surface area contributed by atoms with Crippen molar-refractivity contribution in [3.05, 3.63) is 41.5 Å². The maximum absolute atomic E-state index is 3.54. The predicted octanol–water partition coefficient (Wildman–Crippen LogP) is 4.32. The molecule has 0 aromatic heterocycles. The summed E-state index contributed by atoms with van der Waals surface area (Å²) in [5.41, 5.74) is 3.99. The highest BCUT2D eigenvalue weighted by atomic mass is 28.3. The molecule has 1 saturated heterocycles. The lowest BCUT2D eigenvalue weighted by atomic mass is 9.81. The Kier molecular flexibility index (Phi) is 4.44. The Labute approximate surface area is 148 Å². The first-order valence-electron chi connectivity index (χ1n) is 9.86. The smallest absolute Gasteiger partial charge is 0.126 e. The lowest BCUT2D eigenvalue weighted by Crippen LogP contribution is -2.60. The number of nitrogens with one attached hydrogen (secondary N) is 1. The van der Waals surface area contributed by atoms with Gasteiger partial charge in [-0.3, -0.25) is 0 Å². The Morgan fingerprint density at radius 3 is 2.67 bits per heavy atom. The van der Waals surface area contributed by atoms with Crippen LogP contribution in [0.25, 0.3) is 6.08 Å². The lowest BCUT2D eigenvalue weighted by Gasteiger charge is -2.47. The molecule has 2 fully saturated rings. The van der Waals surface area contributed by atoms with Crippen LogP contribution >= 0.6 is 0 Å². The molecule has 1 heterocycles. The fourth-order valence-electron chi connectivity index (χ4n) is 5.92. The largest absolute Gasteiger partial charge is 0.321 e. The van der Waals surface area contributed by atoms with Crippen LogP contribution in [0.1, 0.15) is 36.8 Å². The maximum Gasteiger partial charge on any atom is 0.126 e. The molecule has 1 aromatic rings. The van der Waals surface area contributed by atoms with Crippen LogP contribution in [0.4, 0.5) is 0 Å². The summed E-state index contributed by atoms with van der Waals surface area (Å²) < 4.78 is 2.90. The Bertz CT molecular complexity index is 618. The fourth-order valence-corrected chi connectivity index (χ4v) is 10.5. The number of benzene rings is 1. The number of fused-ring (bicyclic) bond motifs is 3. The summed E-state index contributed by atoms with van der Waals surface area (Å²) in [6, 6.07) is 9.12. The van der Waals surface area contributed by atoms with Crippen molar-refractivity contribution in [1.29, 1.82) is 0 Å². The SMILES string of the molecule is CCC1CC2c3ccccc3C=CC2C1[Si](C)(C)N1CCNCC1. The van der Waals surface area contributed by atoms with E-state index in [0.717, 1.165) is 23.3 Å². The topological polar surface area (TPSA) is 15.3 Å². The highest BCUT2D eigenvalue weighted by Gasteiger charge is 2.52. The second kappa shape index (κ2) is 6.43. The van der Waals surface area contributed by atoms with Crippen molar-refractivity contribution in [3.63, 3.8) is 0 Å². The number of allylic oxidation sites excluding steroid dienone is 1. The summed E-state index contributed by atoms with van der Waals surface area (Å²) in [4.78, 5) is 0. The van der Waals surface area contributed by atoms with Gasteiger partial charge in [0.15, 0.2) is 0 Å². The maximum atomic E-state index is 3.54. The molecule has 24 heavy (non-hydrogen) atoms. The third kappa shape index (κ3) is 2.61. The molecule has 2 aliphatic carbocycles. The van der Waals surface area contributed by atoms with E-state index in [1.165, 1.54) is 44.6 Å². The molecule has 1 saturated carbocycles. The zero-order valence-electron chi connectivity index (χ0n) is 15.5. The van der Waals surface area contributed by atoms with E-state index in [-0.39, 0.29) is 0 Å². The van der Waals surface area contributed by atoms with E-state index < -0.39 is 8.24 Å². The van der Waals surface area contributed by atoms with Crippen molar-refractivity contribution in [2.45, 2.75) is 44.3 Å².